The van der Waals surface area contributed by atoms with Gasteiger partial charge in [0.15, 0.2) is 5.82 Å². The first-order chi connectivity index (χ1) is 10.5. The summed E-state index contributed by atoms with van der Waals surface area (Å²) in [5, 5.41) is 0. The van der Waals surface area contributed by atoms with Gasteiger partial charge in [0, 0.05) is 25.8 Å². The first-order valence-electron chi connectivity index (χ1n) is 7.57. The fourth-order valence-corrected chi connectivity index (χ4v) is 2.85. The van der Waals surface area contributed by atoms with Crippen LogP contribution in [0.25, 0.3) is 0 Å². The zero-order chi connectivity index (χ0) is 15.7. The molecule has 1 aromatic heterocycles. The second-order valence-corrected chi connectivity index (χ2v) is 5.95. The summed E-state index contributed by atoms with van der Waals surface area (Å²) in [6.07, 6.45) is 2.26. The molecule has 3 rings (SSSR count). The van der Waals surface area contributed by atoms with Crippen LogP contribution in [0.1, 0.15) is 24.7 Å². The monoisotopic (exact) mass is 298 g/mol. The lowest BCUT2D eigenvalue weighted by Gasteiger charge is -2.36. The van der Waals surface area contributed by atoms with Gasteiger partial charge in [0.05, 0.1) is 6.54 Å². The molecular weight excluding hydrogens is 276 g/mol. The van der Waals surface area contributed by atoms with E-state index in [-0.39, 0.29) is 5.95 Å². The quantitative estimate of drug-likeness (QED) is 0.932. The fraction of sp³-hybridized carbons (Fsp3) is 0.438. The lowest BCUT2D eigenvalue weighted by atomic mass is 9.97. The molecule has 116 valence electrons. The van der Waals surface area contributed by atoms with Gasteiger partial charge in [-0.3, -0.25) is 0 Å². The number of aryl methyl sites for hydroxylation is 1. The summed E-state index contributed by atoms with van der Waals surface area (Å²) in [5.41, 5.74) is 8.48. The smallest absolute Gasteiger partial charge is 0.229 e. The molecule has 2 aromatic rings. The Balaban J connectivity index is 1.93. The molecule has 0 fully saturated rings. The van der Waals surface area contributed by atoms with Crippen LogP contribution in [0.5, 0.6) is 0 Å². The van der Waals surface area contributed by atoms with Crippen molar-refractivity contribution >= 4 is 17.6 Å². The number of hydrogen-bond donors (Lipinski definition) is 1. The highest BCUT2D eigenvalue weighted by atomic mass is 15.3. The molecule has 6 heteroatoms. The maximum Gasteiger partial charge on any atom is 0.229 e. The highest BCUT2D eigenvalue weighted by Crippen LogP contribution is 2.31. The minimum Gasteiger partial charge on any atom is -0.368 e. The summed E-state index contributed by atoms with van der Waals surface area (Å²) in [6.45, 7) is 2.89. The maximum atomic E-state index is 5.82. The molecule has 0 amide bonds. The average molecular weight is 298 g/mol. The number of anilines is 3. The SMILES string of the molecule is C[C@H]1CCc2ccccc2N1Cc1nc(N)nc(N(C)C)n1. The highest BCUT2D eigenvalue weighted by Gasteiger charge is 2.24. The van der Waals surface area contributed by atoms with Crippen molar-refractivity contribution in [1.29, 1.82) is 0 Å². The molecule has 1 aromatic carbocycles. The lowest BCUT2D eigenvalue weighted by Crippen LogP contribution is -2.37. The number of nitrogens with two attached hydrogens (primary N) is 1. The molecule has 0 saturated carbocycles. The summed E-state index contributed by atoms with van der Waals surface area (Å²) in [7, 11) is 3.80. The Morgan fingerprint density at radius 2 is 2.00 bits per heavy atom. The van der Waals surface area contributed by atoms with Crippen molar-refractivity contribution in [2.75, 3.05) is 29.6 Å². The number of fused-ring (bicyclic) bond motifs is 1. The molecule has 2 N–H and O–H groups in total. The van der Waals surface area contributed by atoms with E-state index in [1.165, 1.54) is 11.3 Å². The van der Waals surface area contributed by atoms with E-state index in [0.29, 0.717) is 24.4 Å². The van der Waals surface area contributed by atoms with E-state index in [0.717, 1.165) is 12.8 Å². The second kappa shape index (κ2) is 5.79. The first-order valence-corrected chi connectivity index (χ1v) is 7.57. The van der Waals surface area contributed by atoms with Crippen molar-refractivity contribution in [3.8, 4) is 0 Å². The van der Waals surface area contributed by atoms with Gasteiger partial charge >= 0.3 is 0 Å². The first kappa shape index (κ1) is 14.6. The Morgan fingerprint density at radius 3 is 2.77 bits per heavy atom. The summed E-state index contributed by atoms with van der Waals surface area (Å²) in [6, 6.07) is 8.99. The van der Waals surface area contributed by atoms with Gasteiger partial charge < -0.3 is 15.5 Å². The zero-order valence-electron chi connectivity index (χ0n) is 13.3. The molecule has 0 radical (unpaired) electrons. The number of aromatic nitrogens is 3. The van der Waals surface area contributed by atoms with Gasteiger partial charge in [-0.1, -0.05) is 18.2 Å². The van der Waals surface area contributed by atoms with Crippen molar-refractivity contribution in [2.45, 2.75) is 32.4 Å². The third-order valence-electron chi connectivity index (χ3n) is 4.06. The number of para-hydroxylation sites is 1. The lowest BCUT2D eigenvalue weighted by molar-refractivity contribution is 0.551. The van der Waals surface area contributed by atoms with Gasteiger partial charge in [0.2, 0.25) is 11.9 Å². The minimum atomic E-state index is 0.270. The molecule has 0 spiro atoms. The average Bonchev–Trinajstić information content (AvgIpc) is 2.49. The Hall–Kier alpha value is -2.37. The fourth-order valence-electron chi connectivity index (χ4n) is 2.85. The van der Waals surface area contributed by atoms with E-state index in [1.807, 2.05) is 19.0 Å². The standard InChI is InChI=1S/C16H22N6/c1-11-8-9-12-6-4-5-7-13(12)22(11)10-14-18-15(17)20-16(19-14)21(2)3/h4-7,11H,8-10H2,1-3H3,(H2,17,18,19,20)/t11-/m0/s1. The predicted octanol–water partition coefficient (Wildman–Crippen LogP) is 1.86. The van der Waals surface area contributed by atoms with Gasteiger partial charge in [0.25, 0.3) is 0 Å². The van der Waals surface area contributed by atoms with Gasteiger partial charge in [-0.05, 0) is 31.4 Å². The zero-order valence-corrected chi connectivity index (χ0v) is 13.3. The highest BCUT2D eigenvalue weighted by molar-refractivity contribution is 5.56. The Labute approximate surface area is 131 Å². The van der Waals surface area contributed by atoms with E-state index >= 15 is 0 Å². The van der Waals surface area contributed by atoms with Crippen molar-refractivity contribution < 1.29 is 0 Å². The van der Waals surface area contributed by atoms with Crippen molar-refractivity contribution in [2.24, 2.45) is 0 Å². The van der Waals surface area contributed by atoms with Crippen molar-refractivity contribution in [3.05, 3.63) is 35.7 Å². The molecule has 1 aliphatic heterocycles. The summed E-state index contributed by atoms with van der Waals surface area (Å²) in [5.74, 6) is 1.58. The molecule has 1 atom stereocenters. The summed E-state index contributed by atoms with van der Waals surface area (Å²) >= 11 is 0. The second-order valence-electron chi connectivity index (χ2n) is 5.95. The van der Waals surface area contributed by atoms with Gasteiger partial charge in [-0.15, -0.1) is 0 Å². The van der Waals surface area contributed by atoms with Crippen LogP contribution < -0.4 is 15.5 Å². The van der Waals surface area contributed by atoms with Crippen molar-refractivity contribution in [3.63, 3.8) is 0 Å². The topological polar surface area (TPSA) is 71.2 Å². The van der Waals surface area contributed by atoms with Gasteiger partial charge in [0.1, 0.15) is 0 Å². The molecule has 0 unspecified atom stereocenters. The molecular formula is C16H22N6. The molecule has 22 heavy (non-hydrogen) atoms. The number of hydrogen-bond acceptors (Lipinski definition) is 6. The normalized spacial score (nSPS) is 17.2. The summed E-state index contributed by atoms with van der Waals surface area (Å²) in [4.78, 5) is 17.2. The third-order valence-corrected chi connectivity index (χ3v) is 4.06. The van der Waals surface area contributed by atoms with Crippen LogP contribution in [-0.2, 0) is 13.0 Å². The molecule has 1 aliphatic rings. The van der Waals surface area contributed by atoms with E-state index < -0.39 is 0 Å². The van der Waals surface area contributed by atoms with Gasteiger partial charge in [-0.25, -0.2) is 0 Å². The van der Waals surface area contributed by atoms with Gasteiger partial charge in [-0.2, -0.15) is 15.0 Å². The Morgan fingerprint density at radius 1 is 1.23 bits per heavy atom. The van der Waals surface area contributed by atoms with Crippen LogP contribution >= 0.6 is 0 Å². The number of nitrogen functional groups attached to an aromatic ring is 1. The minimum absolute atomic E-state index is 0.270. The van der Waals surface area contributed by atoms with Crippen LogP contribution in [0.15, 0.2) is 24.3 Å². The third kappa shape index (κ3) is 2.81. The number of benzene rings is 1. The van der Waals surface area contributed by atoms with E-state index in [9.17, 15) is 0 Å². The van der Waals surface area contributed by atoms with Crippen LogP contribution in [-0.4, -0.2) is 35.1 Å². The van der Waals surface area contributed by atoms with Crippen LogP contribution in [0.2, 0.25) is 0 Å². The van der Waals surface area contributed by atoms with E-state index in [2.05, 4.69) is 51.0 Å². The van der Waals surface area contributed by atoms with Crippen LogP contribution in [0.3, 0.4) is 0 Å². The van der Waals surface area contributed by atoms with E-state index in [4.69, 9.17) is 5.73 Å². The Kier molecular flexibility index (Phi) is 3.83. The van der Waals surface area contributed by atoms with Crippen LogP contribution in [0.4, 0.5) is 17.6 Å². The Bertz CT molecular complexity index is 669. The molecule has 0 aliphatic carbocycles. The molecule has 0 saturated heterocycles. The van der Waals surface area contributed by atoms with E-state index in [1.54, 1.807) is 0 Å². The van der Waals surface area contributed by atoms with Crippen LogP contribution in [0, 0.1) is 0 Å². The number of rotatable bonds is 3. The maximum absolute atomic E-state index is 5.82. The largest absolute Gasteiger partial charge is 0.368 e. The molecule has 2 heterocycles. The molecule has 0 bridgehead atoms. The predicted molar refractivity (Wildman–Crippen MR) is 89.0 cm³/mol. The molecule has 6 nitrogen and oxygen atoms in total. The summed E-state index contributed by atoms with van der Waals surface area (Å²) < 4.78 is 0. The number of nitrogens with zero attached hydrogens (tertiary/aromatic N) is 5. The van der Waals surface area contributed by atoms with Crippen molar-refractivity contribution in [1.82, 2.24) is 15.0 Å².